The highest BCUT2D eigenvalue weighted by Crippen LogP contribution is 2.32. The number of fused-ring (bicyclic) bond motifs is 1. The number of aryl methyl sites for hydroxylation is 2. The average Bonchev–Trinajstić information content (AvgIpc) is 2.69. The van der Waals surface area contributed by atoms with Gasteiger partial charge >= 0.3 is 5.97 Å². The molecule has 28 heavy (non-hydrogen) atoms. The molecule has 138 valence electrons. The fourth-order valence-corrected chi connectivity index (χ4v) is 3.60. The summed E-state index contributed by atoms with van der Waals surface area (Å²) in [5, 5.41) is 0.829. The predicted molar refractivity (Wildman–Crippen MR) is 113 cm³/mol. The average molecular weight is 367 g/mol. The van der Waals surface area contributed by atoms with Crippen molar-refractivity contribution < 1.29 is 9.53 Å². The molecular weight excluding hydrogens is 346 g/mol. The normalized spacial score (nSPS) is 10.8. The van der Waals surface area contributed by atoms with Gasteiger partial charge in [0.05, 0.1) is 16.8 Å². The molecule has 0 bridgehead atoms. The van der Waals surface area contributed by atoms with Gasteiger partial charge in [-0.15, -0.1) is 0 Å². The first kappa shape index (κ1) is 17.9. The van der Waals surface area contributed by atoms with Crippen LogP contribution in [0.4, 0.5) is 0 Å². The van der Waals surface area contributed by atoms with E-state index in [1.807, 2.05) is 75.4 Å². The van der Waals surface area contributed by atoms with Crippen LogP contribution in [0.2, 0.25) is 0 Å². The molecule has 0 N–H and O–H groups in total. The molecule has 0 unspecified atom stereocenters. The second-order valence-corrected chi connectivity index (χ2v) is 7.01. The van der Waals surface area contributed by atoms with Gasteiger partial charge in [0.15, 0.2) is 0 Å². The van der Waals surface area contributed by atoms with Crippen LogP contribution in [0, 0.1) is 20.8 Å². The highest BCUT2D eigenvalue weighted by Gasteiger charge is 2.21. The maximum absolute atomic E-state index is 13.2. The molecule has 0 aliphatic heterocycles. The number of carbonyl (C=O) groups is 1. The van der Waals surface area contributed by atoms with E-state index in [4.69, 9.17) is 9.72 Å². The molecule has 3 heteroatoms. The number of para-hydroxylation sites is 1. The van der Waals surface area contributed by atoms with Gasteiger partial charge in [-0.1, -0.05) is 60.2 Å². The van der Waals surface area contributed by atoms with E-state index >= 15 is 0 Å². The van der Waals surface area contributed by atoms with Gasteiger partial charge in [0.25, 0.3) is 0 Å². The van der Waals surface area contributed by atoms with Gasteiger partial charge in [-0.05, 0) is 50.1 Å². The van der Waals surface area contributed by atoms with Crippen molar-refractivity contribution in [3.63, 3.8) is 0 Å². The molecule has 0 amide bonds. The predicted octanol–water partition coefficient (Wildman–Crippen LogP) is 6.05. The number of esters is 1. The molecule has 0 fully saturated rings. The third-order valence-corrected chi connectivity index (χ3v) is 4.87. The Labute approximate surface area is 164 Å². The first-order chi connectivity index (χ1) is 13.5. The summed E-state index contributed by atoms with van der Waals surface area (Å²) in [7, 11) is 0. The Hall–Kier alpha value is -3.46. The van der Waals surface area contributed by atoms with E-state index in [-0.39, 0.29) is 5.97 Å². The summed E-state index contributed by atoms with van der Waals surface area (Å²) >= 11 is 0. The maximum Gasteiger partial charge on any atom is 0.344 e. The Morgan fingerprint density at radius 3 is 2.18 bits per heavy atom. The van der Waals surface area contributed by atoms with Crippen LogP contribution in [0.3, 0.4) is 0 Å². The molecule has 0 aliphatic carbocycles. The lowest BCUT2D eigenvalue weighted by molar-refractivity contribution is 0.0736. The minimum atomic E-state index is -0.363. The van der Waals surface area contributed by atoms with Crippen molar-refractivity contribution in [1.82, 2.24) is 4.98 Å². The van der Waals surface area contributed by atoms with E-state index in [0.717, 1.165) is 38.9 Å². The van der Waals surface area contributed by atoms with Gasteiger partial charge in [0.2, 0.25) is 0 Å². The number of pyridine rings is 1. The van der Waals surface area contributed by atoms with Gasteiger partial charge in [0, 0.05) is 10.9 Å². The fourth-order valence-electron chi connectivity index (χ4n) is 3.60. The summed E-state index contributed by atoms with van der Waals surface area (Å²) in [6, 6.07) is 23.2. The van der Waals surface area contributed by atoms with Crippen molar-refractivity contribution in [3.05, 3.63) is 95.1 Å². The molecule has 1 aromatic heterocycles. The summed E-state index contributed by atoms with van der Waals surface area (Å²) in [4.78, 5) is 18.1. The summed E-state index contributed by atoms with van der Waals surface area (Å²) in [5.74, 6) is 0.167. The van der Waals surface area contributed by atoms with E-state index in [0.29, 0.717) is 11.3 Å². The van der Waals surface area contributed by atoms with Crippen molar-refractivity contribution in [1.29, 1.82) is 0 Å². The Balaban J connectivity index is 1.97. The molecule has 4 rings (SSSR count). The van der Waals surface area contributed by atoms with Crippen molar-refractivity contribution in [3.8, 4) is 17.0 Å². The molecule has 1 heterocycles. The lowest BCUT2D eigenvalue weighted by atomic mass is 9.95. The lowest BCUT2D eigenvalue weighted by Crippen LogP contribution is -2.13. The van der Waals surface area contributed by atoms with Gasteiger partial charge in [-0.3, -0.25) is 0 Å². The van der Waals surface area contributed by atoms with E-state index in [9.17, 15) is 4.79 Å². The van der Waals surface area contributed by atoms with E-state index in [1.54, 1.807) is 12.1 Å². The quantitative estimate of drug-likeness (QED) is 0.327. The zero-order valence-corrected chi connectivity index (χ0v) is 16.2. The van der Waals surface area contributed by atoms with E-state index < -0.39 is 0 Å². The Kier molecular flexibility index (Phi) is 4.66. The van der Waals surface area contributed by atoms with Crippen LogP contribution in [0.5, 0.6) is 5.75 Å². The van der Waals surface area contributed by atoms with Crippen LogP contribution in [0.1, 0.15) is 27.0 Å². The Morgan fingerprint density at radius 2 is 1.50 bits per heavy atom. The molecule has 4 aromatic rings. The molecule has 0 atom stereocenters. The number of aromatic nitrogens is 1. The van der Waals surface area contributed by atoms with Gasteiger partial charge in [0.1, 0.15) is 5.75 Å². The first-order valence-electron chi connectivity index (χ1n) is 9.29. The van der Waals surface area contributed by atoms with Crippen molar-refractivity contribution in [2.45, 2.75) is 20.8 Å². The minimum Gasteiger partial charge on any atom is -0.423 e. The van der Waals surface area contributed by atoms with Crippen LogP contribution in [0.25, 0.3) is 22.2 Å². The standard InChI is InChI=1S/C25H21NO2/c1-16-14-17(2)23-21(15-16)22(25(27)28-20-12-8-5-9-13-20)18(3)24(26-23)19-10-6-4-7-11-19/h4-15H,1-3H3. The SMILES string of the molecule is Cc1cc(C)c2nc(-c3ccccc3)c(C)c(C(=O)Oc3ccccc3)c2c1. The number of rotatable bonds is 3. The third-order valence-electron chi connectivity index (χ3n) is 4.87. The van der Waals surface area contributed by atoms with E-state index in [2.05, 4.69) is 6.07 Å². The van der Waals surface area contributed by atoms with Crippen molar-refractivity contribution in [2.75, 3.05) is 0 Å². The number of hydrogen-bond donors (Lipinski definition) is 0. The van der Waals surface area contributed by atoms with Crippen LogP contribution in [-0.2, 0) is 0 Å². The molecule has 3 aromatic carbocycles. The monoisotopic (exact) mass is 367 g/mol. The zero-order chi connectivity index (χ0) is 19.7. The van der Waals surface area contributed by atoms with Crippen LogP contribution in [-0.4, -0.2) is 11.0 Å². The number of hydrogen-bond acceptors (Lipinski definition) is 3. The number of benzene rings is 3. The largest absolute Gasteiger partial charge is 0.423 e. The Morgan fingerprint density at radius 1 is 0.857 bits per heavy atom. The highest BCUT2D eigenvalue weighted by atomic mass is 16.5. The molecule has 3 nitrogen and oxygen atoms in total. The second-order valence-electron chi connectivity index (χ2n) is 7.01. The second kappa shape index (κ2) is 7.28. The van der Waals surface area contributed by atoms with Gasteiger partial charge < -0.3 is 4.74 Å². The van der Waals surface area contributed by atoms with Crippen LogP contribution >= 0.6 is 0 Å². The minimum absolute atomic E-state index is 0.363. The number of carbonyl (C=O) groups excluding carboxylic acids is 1. The molecule has 0 spiro atoms. The summed E-state index contributed by atoms with van der Waals surface area (Å²) in [6.07, 6.45) is 0. The molecular formula is C25H21NO2. The van der Waals surface area contributed by atoms with Crippen molar-refractivity contribution >= 4 is 16.9 Å². The smallest absolute Gasteiger partial charge is 0.344 e. The molecule has 0 aliphatic rings. The lowest BCUT2D eigenvalue weighted by Gasteiger charge is -2.16. The highest BCUT2D eigenvalue weighted by molar-refractivity contribution is 6.08. The summed E-state index contributed by atoms with van der Waals surface area (Å²) < 4.78 is 5.69. The van der Waals surface area contributed by atoms with E-state index in [1.165, 1.54) is 0 Å². The fraction of sp³-hybridized carbons (Fsp3) is 0.120. The third kappa shape index (κ3) is 3.27. The maximum atomic E-state index is 13.2. The van der Waals surface area contributed by atoms with Gasteiger partial charge in [-0.25, -0.2) is 9.78 Å². The topological polar surface area (TPSA) is 39.2 Å². The van der Waals surface area contributed by atoms with Gasteiger partial charge in [-0.2, -0.15) is 0 Å². The van der Waals surface area contributed by atoms with Crippen molar-refractivity contribution in [2.24, 2.45) is 0 Å². The summed E-state index contributed by atoms with van der Waals surface area (Å²) in [5.41, 5.74) is 6.14. The molecule has 0 radical (unpaired) electrons. The molecule has 0 saturated heterocycles. The van der Waals surface area contributed by atoms with Crippen LogP contribution in [0.15, 0.2) is 72.8 Å². The van der Waals surface area contributed by atoms with Crippen LogP contribution < -0.4 is 4.74 Å². The zero-order valence-electron chi connectivity index (χ0n) is 16.2. The summed E-state index contributed by atoms with van der Waals surface area (Å²) in [6.45, 7) is 5.99. The first-order valence-corrected chi connectivity index (χ1v) is 9.29. The number of nitrogens with zero attached hydrogens (tertiary/aromatic N) is 1. The number of ether oxygens (including phenoxy) is 1. The molecule has 0 saturated carbocycles. The Bertz CT molecular complexity index is 1170.